The van der Waals surface area contributed by atoms with Crippen molar-refractivity contribution in [2.45, 2.75) is 20.3 Å². The Morgan fingerprint density at radius 1 is 0.889 bits per heavy atom. The fourth-order valence-electron chi connectivity index (χ4n) is 2.82. The molecule has 2 unspecified atom stereocenters. The highest BCUT2D eigenvalue weighted by molar-refractivity contribution is 6.31. The number of benzene rings is 2. The van der Waals surface area contributed by atoms with Crippen molar-refractivity contribution in [1.82, 2.24) is 0 Å². The Morgan fingerprint density at radius 2 is 1.44 bits per heavy atom. The second-order valence-corrected chi connectivity index (χ2v) is 7.01. The van der Waals surface area contributed by atoms with Gasteiger partial charge >= 0.3 is 0 Å². The number of nitrogens with one attached hydrogen (secondary N) is 3. The summed E-state index contributed by atoms with van der Waals surface area (Å²) < 4.78 is 0. The summed E-state index contributed by atoms with van der Waals surface area (Å²) in [5.74, 6) is -1.22. The third-order valence-electron chi connectivity index (χ3n) is 4.46. The average molecular weight is 386 g/mol. The maximum Gasteiger partial charge on any atom is 0.228 e. The molecule has 2 aromatic rings. The van der Waals surface area contributed by atoms with Crippen molar-refractivity contribution in [3.63, 3.8) is 0 Å². The monoisotopic (exact) mass is 385 g/mol. The van der Waals surface area contributed by atoms with Gasteiger partial charge in [-0.1, -0.05) is 17.7 Å². The first-order valence-electron chi connectivity index (χ1n) is 8.59. The highest BCUT2D eigenvalue weighted by Crippen LogP contribution is 2.40. The van der Waals surface area contributed by atoms with Crippen molar-refractivity contribution in [3.8, 4) is 0 Å². The van der Waals surface area contributed by atoms with Crippen LogP contribution < -0.4 is 16.0 Å². The van der Waals surface area contributed by atoms with E-state index in [1.807, 2.05) is 6.92 Å². The lowest BCUT2D eigenvalue weighted by Crippen LogP contribution is -2.21. The van der Waals surface area contributed by atoms with Gasteiger partial charge in [-0.2, -0.15) is 0 Å². The van der Waals surface area contributed by atoms with E-state index in [2.05, 4.69) is 16.0 Å². The van der Waals surface area contributed by atoms with Gasteiger partial charge in [0.1, 0.15) is 0 Å². The minimum Gasteiger partial charge on any atom is -0.326 e. The van der Waals surface area contributed by atoms with Gasteiger partial charge in [-0.05, 0) is 55.3 Å². The first kappa shape index (κ1) is 18.9. The summed E-state index contributed by atoms with van der Waals surface area (Å²) in [5, 5.41) is 8.89. The molecular weight excluding hydrogens is 366 g/mol. The molecule has 0 radical (unpaired) electrons. The van der Waals surface area contributed by atoms with Gasteiger partial charge < -0.3 is 16.0 Å². The third-order valence-corrected chi connectivity index (χ3v) is 4.87. The molecule has 27 heavy (non-hydrogen) atoms. The van der Waals surface area contributed by atoms with Crippen molar-refractivity contribution in [3.05, 3.63) is 53.1 Å². The molecule has 0 heterocycles. The molecule has 6 nitrogen and oxygen atoms in total. The van der Waals surface area contributed by atoms with Crippen LogP contribution in [0.15, 0.2) is 42.5 Å². The highest BCUT2D eigenvalue weighted by Gasteiger charge is 2.48. The number of amides is 3. The SMILES string of the molecule is CC(=O)Nc1ccc(NC(=O)C2CC2C(=O)Nc2cccc(Cl)c2C)cc1. The van der Waals surface area contributed by atoms with Crippen molar-refractivity contribution in [2.24, 2.45) is 11.8 Å². The maximum absolute atomic E-state index is 12.4. The van der Waals surface area contributed by atoms with Crippen LogP contribution in [0.2, 0.25) is 5.02 Å². The quantitative estimate of drug-likeness (QED) is 0.731. The lowest BCUT2D eigenvalue weighted by molar-refractivity contribution is -0.122. The van der Waals surface area contributed by atoms with Gasteiger partial charge in [-0.15, -0.1) is 0 Å². The molecule has 1 saturated carbocycles. The summed E-state index contributed by atoms with van der Waals surface area (Å²) in [6.45, 7) is 3.26. The second-order valence-electron chi connectivity index (χ2n) is 6.60. The lowest BCUT2D eigenvalue weighted by atomic mass is 10.2. The Kier molecular flexibility index (Phi) is 5.46. The van der Waals surface area contributed by atoms with Crippen LogP contribution in [0.25, 0.3) is 0 Å². The zero-order chi connectivity index (χ0) is 19.6. The van der Waals surface area contributed by atoms with Crippen molar-refractivity contribution >= 4 is 46.4 Å². The average Bonchev–Trinajstić information content (AvgIpc) is 3.41. The first-order valence-corrected chi connectivity index (χ1v) is 8.97. The van der Waals surface area contributed by atoms with E-state index < -0.39 is 0 Å². The van der Waals surface area contributed by atoms with Gasteiger partial charge in [0, 0.05) is 29.0 Å². The number of hydrogen-bond acceptors (Lipinski definition) is 3. The number of carbonyl (C=O) groups is 3. The number of anilines is 3. The second kappa shape index (κ2) is 7.80. The van der Waals surface area contributed by atoms with E-state index in [0.29, 0.717) is 28.5 Å². The molecule has 0 aliphatic heterocycles. The number of carbonyl (C=O) groups excluding carboxylic acids is 3. The van der Waals surface area contributed by atoms with Crippen LogP contribution in [-0.2, 0) is 14.4 Å². The zero-order valence-electron chi connectivity index (χ0n) is 15.0. The van der Waals surface area contributed by atoms with Gasteiger partial charge in [0.2, 0.25) is 17.7 Å². The van der Waals surface area contributed by atoms with E-state index >= 15 is 0 Å². The van der Waals surface area contributed by atoms with E-state index in [4.69, 9.17) is 11.6 Å². The summed E-state index contributed by atoms with van der Waals surface area (Å²) in [4.78, 5) is 35.7. The molecule has 3 amide bonds. The molecule has 1 aliphatic carbocycles. The van der Waals surface area contributed by atoms with E-state index in [-0.39, 0.29) is 29.6 Å². The highest BCUT2D eigenvalue weighted by atomic mass is 35.5. The Labute approximate surface area is 162 Å². The van der Waals surface area contributed by atoms with Gasteiger partial charge in [-0.3, -0.25) is 14.4 Å². The molecule has 0 bridgehead atoms. The fourth-order valence-corrected chi connectivity index (χ4v) is 2.99. The van der Waals surface area contributed by atoms with E-state index in [0.717, 1.165) is 5.56 Å². The van der Waals surface area contributed by atoms with E-state index in [1.165, 1.54) is 6.92 Å². The van der Waals surface area contributed by atoms with Crippen LogP contribution in [0, 0.1) is 18.8 Å². The van der Waals surface area contributed by atoms with Crippen molar-refractivity contribution in [1.29, 1.82) is 0 Å². The Hall–Kier alpha value is -2.86. The van der Waals surface area contributed by atoms with Gasteiger partial charge in [0.25, 0.3) is 0 Å². The Bertz CT molecular complexity index is 896. The summed E-state index contributed by atoms with van der Waals surface area (Å²) in [6, 6.07) is 12.1. The topological polar surface area (TPSA) is 87.3 Å². The van der Waals surface area contributed by atoms with Crippen LogP contribution in [0.3, 0.4) is 0 Å². The van der Waals surface area contributed by atoms with Gasteiger partial charge in [0.05, 0.1) is 11.8 Å². The molecule has 0 saturated heterocycles. The third kappa shape index (κ3) is 4.65. The van der Waals surface area contributed by atoms with Crippen LogP contribution in [0.5, 0.6) is 0 Å². The molecule has 7 heteroatoms. The molecule has 2 atom stereocenters. The Morgan fingerprint density at radius 3 is 2.04 bits per heavy atom. The number of halogens is 1. The number of hydrogen-bond donors (Lipinski definition) is 3. The molecule has 1 aliphatic rings. The predicted molar refractivity (Wildman–Crippen MR) is 106 cm³/mol. The van der Waals surface area contributed by atoms with E-state index in [9.17, 15) is 14.4 Å². The van der Waals surface area contributed by atoms with Crippen molar-refractivity contribution in [2.75, 3.05) is 16.0 Å². The molecule has 3 rings (SSSR count). The summed E-state index contributed by atoms with van der Waals surface area (Å²) in [7, 11) is 0. The van der Waals surface area contributed by atoms with Crippen LogP contribution >= 0.6 is 11.6 Å². The molecule has 0 aromatic heterocycles. The molecular formula is C20H20ClN3O3. The van der Waals surface area contributed by atoms with Crippen LogP contribution in [0.4, 0.5) is 17.1 Å². The lowest BCUT2D eigenvalue weighted by Gasteiger charge is -2.10. The zero-order valence-corrected chi connectivity index (χ0v) is 15.8. The minimum atomic E-state index is -0.348. The largest absolute Gasteiger partial charge is 0.326 e. The first-order chi connectivity index (χ1) is 12.8. The molecule has 1 fully saturated rings. The molecule has 140 valence electrons. The molecule has 2 aromatic carbocycles. The van der Waals surface area contributed by atoms with Crippen LogP contribution in [-0.4, -0.2) is 17.7 Å². The normalized spacial score (nSPS) is 17.7. The van der Waals surface area contributed by atoms with Crippen molar-refractivity contribution < 1.29 is 14.4 Å². The van der Waals surface area contributed by atoms with E-state index in [1.54, 1.807) is 42.5 Å². The minimum absolute atomic E-state index is 0.159. The number of rotatable bonds is 5. The maximum atomic E-state index is 12.4. The summed E-state index contributed by atoms with van der Waals surface area (Å²) in [6.07, 6.45) is 0.515. The summed E-state index contributed by atoms with van der Waals surface area (Å²) >= 11 is 6.06. The van der Waals surface area contributed by atoms with Gasteiger partial charge in [0.15, 0.2) is 0 Å². The smallest absolute Gasteiger partial charge is 0.228 e. The van der Waals surface area contributed by atoms with Gasteiger partial charge in [-0.25, -0.2) is 0 Å². The van der Waals surface area contributed by atoms with Crippen LogP contribution in [0.1, 0.15) is 18.9 Å². The standard InChI is InChI=1S/C20H20ClN3O3/c1-11-17(21)4-3-5-18(11)24-20(27)16-10-15(16)19(26)23-14-8-6-13(7-9-14)22-12(2)25/h3-9,15-16H,10H2,1-2H3,(H,22,25)(H,23,26)(H,24,27). The summed E-state index contributed by atoms with van der Waals surface area (Å²) in [5.41, 5.74) is 2.73. The fraction of sp³-hybridized carbons (Fsp3) is 0.250. The molecule has 3 N–H and O–H groups in total. The predicted octanol–water partition coefficient (Wildman–Crippen LogP) is 3.82. The Balaban J connectivity index is 1.54. The molecule has 0 spiro atoms.